The molecule has 1 aromatic heterocycles. The molecule has 0 aliphatic carbocycles. The molecule has 4 nitrogen and oxygen atoms in total. The molecule has 8 heteroatoms. The van der Waals surface area contributed by atoms with Crippen LogP contribution in [0.25, 0.3) is 0 Å². The van der Waals surface area contributed by atoms with Crippen molar-refractivity contribution in [2.24, 2.45) is 0 Å². The van der Waals surface area contributed by atoms with Gasteiger partial charge in [0.15, 0.2) is 0 Å². The van der Waals surface area contributed by atoms with Gasteiger partial charge in [0.05, 0.1) is 11.1 Å². The fraction of sp³-hybridized carbons (Fsp3) is 0.593. The Hall–Kier alpha value is -1.93. The molecule has 0 radical (unpaired) electrons. The molecule has 0 saturated carbocycles. The summed E-state index contributed by atoms with van der Waals surface area (Å²) in [6.07, 6.45) is -0.384. The molecule has 1 aliphatic rings. The van der Waals surface area contributed by atoms with Gasteiger partial charge >= 0.3 is 6.18 Å². The molecule has 2 heterocycles. The molecule has 1 saturated heterocycles. The molecule has 198 valence electrons. The van der Waals surface area contributed by atoms with Crippen LogP contribution in [-0.2, 0) is 11.6 Å². The lowest BCUT2D eigenvalue weighted by atomic mass is 9.91. The summed E-state index contributed by atoms with van der Waals surface area (Å²) in [5.74, 6) is -0.386. The summed E-state index contributed by atoms with van der Waals surface area (Å²) >= 11 is 1.75. The first-order chi connectivity index (χ1) is 16.4. The van der Waals surface area contributed by atoms with Crippen molar-refractivity contribution in [1.82, 2.24) is 8.87 Å². The highest BCUT2D eigenvalue weighted by atomic mass is 32.2. The van der Waals surface area contributed by atoms with Crippen LogP contribution in [0.5, 0.6) is 0 Å². The maximum absolute atomic E-state index is 13.1. The van der Waals surface area contributed by atoms with E-state index in [-0.39, 0.29) is 17.0 Å². The Morgan fingerprint density at radius 3 is 2.09 bits per heavy atom. The summed E-state index contributed by atoms with van der Waals surface area (Å²) in [6.45, 7) is 18.2. The topological polar surface area (TPSA) is 37.3 Å². The summed E-state index contributed by atoms with van der Waals surface area (Å²) in [5.41, 5.74) is 1.62. The molecule has 1 N–H and O–H groups in total. The predicted molar refractivity (Wildman–Crippen MR) is 143 cm³/mol. The van der Waals surface area contributed by atoms with Gasteiger partial charge in [-0.3, -0.25) is 9.10 Å². The predicted octanol–water partition coefficient (Wildman–Crippen LogP) is 8.33. The zero-order valence-electron chi connectivity index (χ0n) is 22.6. The number of nitrogens with one attached hydrogen (secondary N) is 1. The number of aromatic nitrogens is 1. The number of halogens is 3. The minimum Gasteiger partial charge on any atom is -0.344 e. The van der Waals surface area contributed by atoms with E-state index in [0.717, 1.165) is 49.5 Å². The van der Waals surface area contributed by atoms with Crippen molar-refractivity contribution in [2.45, 2.75) is 85.9 Å². The van der Waals surface area contributed by atoms with Gasteiger partial charge in [-0.05, 0) is 50.3 Å². The highest BCUT2D eigenvalue weighted by Crippen LogP contribution is 2.36. The Kier molecular flexibility index (Phi) is 11.9. The largest absolute Gasteiger partial charge is 0.416 e. The van der Waals surface area contributed by atoms with Crippen LogP contribution in [0.4, 0.5) is 18.9 Å². The van der Waals surface area contributed by atoms with Crippen molar-refractivity contribution in [3.63, 3.8) is 0 Å². The number of nitrogens with zero attached hydrogens (tertiary/aromatic N) is 2. The number of piperidine rings is 1. The van der Waals surface area contributed by atoms with Crippen LogP contribution in [0.15, 0.2) is 30.3 Å². The Bertz CT molecular complexity index is 940. The summed E-state index contributed by atoms with van der Waals surface area (Å²) in [7, 11) is 0. The molecule has 1 fully saturated rings. The highest BCUT2D eigenvalue weighted by Gasteiger charge is 2.32. The lowest BCUT2D eigenvalue weighted by Crippen LogP contribution is -2.32. The van der Waals surface area contributed by atoms with E-state index in [0.29, 0.717) is 11.6 Å². The SMILES string of the molecule is CC.CC.CSN1CCC(n2c(C(C)(C)C)cc(C(=O)Nc3cccc(C(F)(F)F)c3)c2C)CC1. The smallest absolute Gasteiger partial charge is 0.344 e. The zero-order valence-corrected chi connectivity index (χ0v) is 23.5. The van der Waals surface area contributed by atoms with E-state index in [2.05, 4.69) is 41.2 Å². The Balaban J connectivity index is 0.00000145. The molecule has 0 unspecified atom stereocenters. The van der Waals surface area contributed by atoms with E-state index >= 15 is 0 Å². The Labute approximate surface area is 213 Å². The first kappa shape index (κ1) is 31.1. The number of alkyl halides is 3. The Morgan fingerprint density at radius 1 is 1.03 bits per heavy atom. The third-order valence-electron chi connectivity index (χ3n) is 5.80. The molecular formula is C27H42F3N3OS. The minimum atomic E-state index is -4.45. The zero-order chi connectivity index (χ0) is 27.0. The van der Waals surface area contributed by atoms with Gasteiger partial charge in [-0.25, -0.2) is 0 Å². The van der Waals surface area contributed by atoms with Crippen LogP contribution < -0.4 is 5.32 Å². The standard InChI is InChI=1S/C23H30F3N3OS.2C2H6/c1-15-19(21(30)27-17-8-6-7-16(13-17)23(24,25)26)14-20(22(2,3)4)29(15)18-9-11-28(31-5)12-10-18;2*1-2/h6-8,13-14,18H,9-12H2,1-5H3,(H,27,30);2*1-2H3. The van der Waals surface area contributed by atoms with Crippen molar-refractivity contribution >= 4 is 23.5 Å². The average molecular weight is 514 g/mol. The van der Waals surface area contributed by atoms with E-state index in [9.17, 15) is 18.0 Å². The Morgan fingerprint density at radius 2 is 1.60 bits per heavy atom. The number of anilines is 1. The maximum atomic E-state index is 13.1. The van der Waals surface area contributed by atoms with Crippen LogP contribution in [0.3, 0.4) is 0 Å². The molecule has 3 rings (SSSR count). The number of hydrogen-bond donors (Lipinski definition) is 1. The fourth-order valence-corrected chi connectivity index (χ4v) is 4.73. The second-order valence-electron chi connectivity index (χ2n) is 9.02. The van der Waals surface area contributed by atoms with Gasteiger partial charge in [-0.2, -0.15) is 13.2 Å². The first-order valence-electron chi connectivity index (χ1n) is 12.4. The average Bonchev–Trinajstić information content (AvgIpc) is 3.19. The first-order valence-corrected chi connectivity index (χ1v) is 13.6. The van der Waals surface area contributed by atoms with Crippen molar-refractivity contribution in [3.05, 3.63) is 52.8 Å². The van der Waals surface area contributed by atoms with Crippen LogP contribution in [0, 0.1) is 6.92 Å². The van der Waals surface area contributed by atoms with E-state index in [4.69, 9.17) is 0 Å². The quantitative estimate of drug-likeness (QED) is 0.418. The van der Waals surface area contributed by atoms with E-state index < -0.39 is 11.7 Å². The van der Waals surface area contributed by atoms with Crippen LogP contribution in [0.1, 0.15) is 94.7 Å². The maximum Gasteiger partial charge on any atom is 0.416 e. The summed E-state index contributed by atoms with van der Waals surface area (Å²) in [5, 5.41) is 2.66. The van der Waals surface area contributed by atoms with Gasteiger partial charge < -0.3 is 9.88 Å². The van der Waals surface area contributed by atoms with Gasteiger partial charge in [0, 0.05) is 41.6 Å². The van der Waals surface area contributed by atoms with Crippen molar-refractivity contribution < 1.29 is 18.0 Å². The van der Waals surface area contributed by atoms with E-state index in [1.807, 2.05) is 40.7 Å². The molecule has 0 bridgehead atoms. The van der Waals surface area contributed by atoms with E-state index in [1.54, 1.807) is 11.9 Å². The van der Waals surface area contributed by atoms with Gasteiger partial charge in [0.1, 0.15) is 0 Å². The lowest BCUT2D eigenvalue weighted by molar-refractivity contribution is -0.137. The molecule has 35 heavy (non-hydrogen) atoms. The summed E-state index contributed by atoms with van der Waals surface area (Å²) in [4.78, 5) is 13.1. The minimum absolute atomic E-state index is 0.137. The second-order valence-corrected chi connectivity index (χ2v) is 9.91. The third kappa shape index (κ3) is 8.04. The van der Waals surface area contributed by atoms with Crippen LogP contribution in [-0.4, -0.2) is 34.1 Å². The molecule has 0 atom stereocenters. The monoisotopic (exact) mass is 513 g/mol. The highest BCUT2D eigenvalue weighted by molar-refractivity contribution is 7.96. The van der Waals surface area contributed by atoms with Gasteiger partial charge in [0.25, 0.3) is 5.91 Å². The van der Waals surface area contributed by atoms with Gasteiger partial charge in [-0.1, -0.05) is 66.5 Å². The van der Waals surface area contributed by atoms with Crippen LogP contribution in [0.2, 0.25) is 0 Å². The molecule has 2 aromatic rings. The summed E-state index contributed by atoms with van der Waals surface area (Å²) < 4.78 is 43.7. The molecule has 1 aliphatic heterocycles. The van der Waals surface area contributed by atoms with Crippen LogP contribution >= 0.6 is 11.9 Å². The van der Waals surface area contributed by atoms with Crippen molar-refractivity contribution in [1.29, 1.82) is 0 Å². The number of carbonyl (C=O) groups is 1. The third-order valence-corrected chi connectivity index (χ3v) is 6.68. The second kappa shape index (κ2) is 13.4. The summed E-state index contributed by atoms with van der Waals surface area (Å²) in [6, 6.07) is 6.94. The molecule has 0 spiro atoms. The number of hydrogen-bond acceptors (Lipinski definition) is 3. The van der Waals surface area contributed by atoms with Crippen molar-refractivity contribution in [3.8, 4) is 0 Å². The molecule has 1 amide bonds. The normalized spacial score (nSPS) is 15.0. The lowest BCUT2D eigenvalue weighted by Gasteiger charge is -2.35. The molecular weight excluding hydrogens is 471 g/mol. The molecule has 1 aromatic carbocycles. The number of amides is 1. The van der Waals surface area contributed by atoms with Gasteiger partial charge in [0.2, 0.25) is 0 Å². The van der Waals surface area contributed by atoms with Crippen molar-refractivity contribution in [2.75, 3.05) is 24.7 Å². The van der Waals surface area contributed by atoms with Gasteiger partial charge in [-0.15, -0.1) is 0 Å². The number of carbonyl (C=O) groups excluding carboxylic acids is 1. The van der Waals surface area contributed by atoms with E-state index in [1.165, 1.54) is 12.1 Å². The fourth-order valence-electron chi connectivity index (χ4n) is 4.15. The number of benzene rings is 1. The number of rotatable bonds is 4.